The van der Waals surface area contributed by atoms with Crippen LogP contribution in [0.25, 0.3) is 0 Å². The number of ketones is 1. The highest BCUT2D eigenvalue weighted by atomic mass is 19.4. The van der Waals surface area contributed by atoms with Gasteiger partial charge in [-0.2, -0.15) is 13.2 Å². The van der Waals surface area contributed by atoms with Gasteiger partial charge < -0.3 is 9.47 Å². The fourth-order valence-corrected chi connectivity index (χ4v) is 3.85. The van der Waals surface area contributed by atoms with Gasteiger partial charge in [0, 0.05) is 12.7 Å². The van der Waals surface area contributed by atoms with Crippen molar-refractivity contribution in [1.29, 1.82) is 0 Å². The molecule has 0 bridgehead atoms. The zero-order chi connectivity index (χ0) is 22.7. The van der Waals surface area contributed by atoms with Gasteiger partial charge in [-0.15, -0.1) is 0 Å². The molecule has 0 heterocycles. The van der Waals surface area contributed by atoms with E-state index in [4.69, 9.17) is 9.47 Å². The van der Waals surface area contributed by atoms with Crippen LogP contribution in [0.4, 0.5) is 13.2 Å². The predicted octanol–water partition coefficient (Wildman–Crippen LogP) is 5.28. The maximum absolute atomic E-state index is 14.1. The van der Waals surface area contributed by atoms with Crippen LogP contribution in [0.3, 0.4) is 0 Å². The molecule has 0 N–H and O–H groups in total. The van der Waals surface area contributed by atoms with E-state index < -0.39 is 23.9 Å². The van der Waals surface area contributed by atoms with Crippen LogP contribution in [0.15, 0.2) is 53.6 Å². The quantitative estimate of drug-likeness (QED) is 0.460. The molecule has 1 aromatic rings. The third-order valence-corrected chi connectivity index (χ3v) is 5.58. The maximum atomic E-state index is 14.1. The molecule has 0 aromatic heterocycles. The van der Waals surface area contributed by atoms with Crippen molar-refractivity contribution >= 4 is 11.8 Å². The summed E-state index contributed by atoms with van der Waals surface area (Å²) in [7, 11) is 0.843. The standard InChI is InChI=1S/C23H27F3O4/c1-15(27)11-12-18-16(2)19(13-14-21(18,3)4)30-20(28)22(29-5,23(24,25)26)17-9-7-6-8-10-17/h6-12,19H,13-14H2,1-5H3/b12-11+/t19-,22-/m1/s1. The molecule has 0 unspecified atom stereocenters. The van der Waals surface area contributed by atoms with E-state index in [0.717, 1.165) is 12.7 Å². The van der Waals surface area contributed by atoms with E-state index in [0.29, 0.717) is 18.4 Å². The smallest absolute Gasteiger partial charge is 0.432 e. The van der Waals surface area contributed by atoms with Crippen molar-refractivity contribution in [2.24, 2.45) is 5.41 Å². The number of esters is 1. The normalized spacial score (nSPS) is 21.4. The highest BCUT2D eigenvalue weighted by molar-refractivity contribution is 5.87. The molecule has 0 saturated heterocycles. The molecule has 0 amide bonds. The Morgan fingerprint density at radius 1 is 1.17 bits per heavy atom. The molecular weight excluding hydrogens is 397 g/mol. The van der Waals surface area contributed by atoms with E-state index in [1.165, 1.54) is 37.3 Å². The Hall–Kier alpha value is -2.41. The van der Waals surface area contributed by atoms with Crippen LogP contribution in [0.1, 0.15) is 46.1 Å². The van der Waals surface area contributed by atoms with Crippen molar-refractivity contribution in [2.45, 2.75) is 58.4 Å². The second-order valence-electron chi connectivity index (χ2n) is 8.11. The van der Waals surface area contributed by atoms with Gasteiger partial charge in [0.05, 0.1) is 0 Å². The number of alkyl halides is 3. The zero-order valence-corrected chi connectivity index (χ0v) is 17.8. The summed E-state index contributed by atoms with van der Waals surface area (Å²) in [5.74, 6) is -1.66. The number of carbonyl (C=O) groups is 2. The maximum Gasteiger partial charge on any atom is 0.432 e. The van der Waals surface area contributed by atoms with Crippen molar-refractivity contribution in [3.05, 3.63) is 59.2 Å². The first-order chi connectivity index (χ1) is 13.9. The van der Waals surface area contributed by atoms with Gasteiger partial charge in [0.1, 0.15) is 6.10 Å². The van der Waals surface area contributed by atoms with E-state index in [1.807, 2.05) is 13.8 Å². The van der Waals surface area contributed by atoms with Crippen molar-refractivity contribution in [3.63, 3.8) is 0 Å². The van der Waals surface area contributed by atoms with Gasteiger partial charge in [0.25, 0.3) is 5.60 Å². The van der Waals surface area contributed by atoms with Crippen molar-refractivity contribution in [1.82, 2.24) is 0 Å². The second-order valence-corrected chi connectivity index (χ2v) is 8.11. The Kier molecular flexibility index (Phi) is 6.97. The van der Waals surface area contributed by atoms with Crippen LogP contribution >= 0.6 is 0 Å². The fraction of sp³-hybridized carbons (Fsp3) is 0.478. The number of halogens is 3. The van der Waals surface area contributed by atoms with Gasteiger partial charge in [-0.1, -0.05) is 50.3 Å². The minimum absolute atomic E-state index is 0.148. The summed E-state index contributed by atoms with van der Waals surface area (Å²) in [6.45, 7) is 7.08. The van der Waals surface area contributed by atoms with Crippen LogP contribution in [0, 0.1) is 5.41 Å². The molecule has 164 valence electrons. The predicted molar refractivity (Wildman–Crippen MR) is 107 cm³/mol. The third-order valence-electron chi connectivity index (χ3n) is 5.58. The van der Waals surface area contributed by atoms with Gasteiger partial charge in [0.15, 0.2) is 5.78 Å². The molecule has 2 rings (SSSR count). The third kappa shape index (κ3) is 4.51. The summed E-state index contributed by atoms with van der Waals surface area (Å²) in [4.78, 5) is 24.3. The first-order valence-electron chi connectivity index (χ1n) is 9.65. The highest BCUT2D eigenvalue weighted by Gasteiger charge is 2.64. The Labute approximate surface area is 174 Å². The second kappa shape index (κ2) is 8.76. The molecule has 1 aliphatic rings. The highest BCUT2D eigenvalue weighted by Crippen LogP contribution is 2.46. The number of carbonyl (C=O) groups excluding carboxylic acids is 2. The van der Waals surface area contributed by atoms with Crippen LogP contribution in [0.2, 0.25) is 0 Å². The summed E-state index contributed by atoms with van der Waals surface area (Å²) in [6.07, 6.45) is -1.86. The largest absolute Gasteiger partial charge is 0.455 e. The fourth-order valence-electron chi connectivity index (χ4n) is 3.85. The Morgan fingerprint density at radius 3 is 2.27 bits per heavy atom. The van der Waals surface area contributed by atoms with Crippen molar-refractivity contribution in [3.8, 4) is 0 Å². The van der Waals surface area contributed by atoms with Crippen LogP contribution < -0.4 is 0 Å². The van der Waals surface area contributed by atoms with Gasteiger partial charge >= 0.3 is 12.1 Å². The number of ether oxygens (including phenoxy) is 2. The van der Waals surface area contributed by atoms with E-state index in [-0.39, 0.29) is 16.8 Å². The zero-order valence-electron chi connectivity index (χ0n) is 17.8. The number of allylic oxidation sites excluding steroid dienone is 3. The first-order valence-corrected chi connectivity index (χ1v) is 9.65. The van der Waals surface area contributed by atoms with E-state index in [9.17, 15) is 22.8 Å². The Bertz CT molecular complexity index is 853. The summed E-state index contributed by atoms with van der Waals surface area (Å²) in [5.41, 5.74) is -2.48. The molecule has 30 heavy (non-hydrogen) atoms. The van der Waals surface area contributed by atoms with Crippen molar-refractivity contribution in [2.75, 3.05) is 7.11 Å². The van der Waals surface area contributed by atoms with Crippen LogP contribution in [0.5, 0.6) is 0 Å². The number of hydrogen-bond acceptors (Lipinski definition) is 4. The first kappa shape index (κ1) is 23.9. The molecular formula is C23H27F3O4. The monoisotopic (exact) mass is 424 g/mol. The number of benzene rings is 1. The molecule has 2 atom stereocenters. The minimum atomic E-state index is -5.02. The molecule has 0 fully saturated rings. The molecule has 0 saturated carbocycles. The van der Waals surface area contributed by atoms with Crippen molar-refractivity contribution < 1.29 is 32.2 Å². The van der Waals surface area contributed by atoms with Crippen LogP contribution in [-0.2, 0) is 24.7 Å². The molecule has 4 nitrogen and oxygen atoms in total. The lowest BCUT2D eigenvalue weighted by Gasteiger charge is -2.39. The molecule has 0 aliphatic heterocycles. The number of hydrogen-bond donors (Lipinski definition) is 0. The average molecular weight is 424 g/mol. The Morgan fingerprint density at radius 2 is 1.77 bits per heavy atom. The summed E-state index contributed by atoms with van der Waals surface area (Å²) in [6, 6.07) is 6.73. The minimum Gasteiger partial charge on any atom is -0.455 e. The van der Waals surface area contributed by atoms with E-state index >= 15 is 0 Å². The lowest BCUT2D eigenvalue weighted by atomic mass is 9.71. The van der Waals surface area contributed by atoms with Crippen LogP contribution in [-0.4, -0.2) is 31.1 Å². The van der Waals surface area contributed by atoms with Gasteiger partial charge in [-0.05, 0) is 49.3 Å². The lowest BCUT2D eigenvalue weighted by molar-refractivity contribution is -0.277. The summed E-state index contributed by atoms with van der Waals surface area (Å²) < 4.78 is 52.5. The summed E-state index contributed by atoms with van der Waals surface area (Å²) >= 11 is 0. The Balaban J connectivity index is 2.47. The lowest BCUT2D eigenvalue weighted by Crippen LogP contribution is -2.52. The molecule has 7 heteroatoms. The molecule has 1 aliphatic carbocycles. The molecule has 1 aromatic carbocycles. The van der Waals surface area contributed by atoms with Gasteiger partial charge in [-0.3, -0.25) is 4.79 Å². The number of rotatable bonds is 6. The average Bonchev–Trinajstić information content (AvgIpc) is 2.64. The van der Waals surface area contributed by atoms with E-state index in [2.05, 4.69) is 0 Å². The van der Waals surface area contributed by atoms with Gasteiger partial charge in [0.2, 0.25) is 0 Å². The van der Waals surface area contributed by atoms with E-state index in [1.54, 1.807) is 19.1 Å². The topological polar surface area (TPSA) is 52.6 Å². The summed E-state index contributed by atoms with van der Waals surface area (Å²) in [5, 5.41) is 0. The molecule has 0 spiro atoms. The SMILES string of the molecule is CO[C@@](C(=O)O[C@@H]1CCC(C)(C)C(/C=C/C(C)=O)=C1C)(c1ccccc1)C(F)(F)F. The number of methoxy groups -OCH3 is 1. The van der Waals surface area contributed by atoms with Gasteiger partial charge in [-0.25, -0.2) is 4.79 Å². The molecule has 0 radical (unpaired) electrons.